The molecule has 2 aromatic rings. The number of fused-ring (bicyclic) bond motifs is 1. The largest absolute Gasteiger partial charge is 0.355 e. The van der Waals surface area contributed by atoms with Gasteiger partial charge in [0, 0.05) is 39.4 Å². The molecule has 3 heterocycles. The zero-order valence-electron chi connectivity index (χ0n) is 14.7. The Kier molecular flexibility index (Phi) is 4.53. The molecule has 0 saturated heterocycles. The number of nitrogens with one attached hydrogen (secondary N) is 1. The molecule has 6 heteroatoms. The molecule has 1 aliphatic heterocycles. The van der Waals surface area contributed by atoms with Crippen LogP contribution < -0.4 is 5.32 Å². The molecule has 132 valence electrons. The predicted molar refractivity (Wildman–Crippen MR) is 94.7 cm³/mol. The van der Waals surface area contributed by atoms with E-state index in [1.165, 1.54) is 19.3 Å². The zero-order chi connectivity index (χ0) is 17.2. The van der Waals surface area contributed by atoms with Crippen molar-refractivity contribution in [3.05, 3.63) is 47.8 Å². The predicted octanol–water partition coefficient (Wildman–Crippen LogP) is 1.83. The molecule has 0 radical (unpaired) electrons. The molecule has 0 unspecified atom stereocenters. The van der Waals surface area contributed by atoms with Gasteiger partial charge in [-0.3, -0.25) is 14.7 Å². The number of carbonyl (C=O) groups is 1. The third-order valence-corrected chi connectivity index (χ3v) is 5.42. The van der Waals surface area contributed by atoms with E-state index in [1.807, 2.05) is 42.3 Å². The minimum absolute atomic E-state index is 0.127. The average Bonchev–Trinajstić information content (AvgIpc) is 2.95. The summed E-state index contributed by atoms with van der Waals surface area (Å²) in [6.45, 7) is 3.02. The second-order valence-electron chi connectivity index (χ2n) is 7.27. The number of aryl methyl sites for hydroxylation is 1. The van der Waals surface area contributed by atoms with Gasteiger partial charge in [0.15, 0.2) is 0 Å². The molecule has 1 saturated carbocycles. The van der Waals surface area contributed by atoms with E-state index < -0.39 is 0 Å². The van der Waals surface area contributed by atoms with Crippen molar-refractivity contribution in [3.63, 3.8) is 0 Å². The van der Waals surface area contributed by atoms with Gasteiger partial charge in [0.05, 0.1) is 29.3 Å². The summed E-state index contributed by atoms with van der Waals surface area (Å²) in [4.78, 5) is 24.1. The Morgan fingerprint density at radius 2 is 2.20 bits per heavy atom. The first-order valence-corrected chi connectivity index (χ1v) is 9.11. The highest BCUT2D eigenvalue weighted by Gasteiger charge is 2.34. The summed E-state index contributed by atoms with van der Waals surface area (Å²) < 4.78 is 2.00. The van der Waals surface area contributed by atoms with Gasteiger partial charge in [-0.2, -0.15) is 0 Å². The Bertz CT molecular complexity index is 738. The molecule has 2 aromatic heterocycles. The van der Waals surface area contributed by atoms with Gasteiger partial charge in [0.1, 0.15) is 0 Å². The summed E-state index contributed by atoms with van der Waals surface area (Å²) >= 11 is 0. The van der Waals surface area contributed by atoms with Crippen molar-refractivity contribution in [1.29, 1.82) is 0 Å². The summed E-state index contributed by atoms with van der Waals surface area (Å²) in [6, 6.07) is 5.95. The lowest BCUT2D eigenvalue weighted by Crippen LogP contribution is -2.43. The number of pyridine rings is 1. The molecule has 1 aliphatic carbocycles. The lowest BCUT2D eigenvalue weighted by molar-refractivity contribution is -0.123. The lowest BCUT2D eigenvalue weighted by atomic mass is 9.85. The molecule has 0 aromatic carbocycles. The maximum atomic E-state index is 12.9. The summed E-state index contributed by atoms with van der Waals surface area (Å²) in [6.07, 6.45) is 7.42. The molecule has 1 atom stereocenters. The van der Waals surface area contributed by atoms with Gasteiger partial charge in [-0.25, -0.2) is 4.98 Å². The van der Waals surface area contributed by atoms with Crippen molar-refractivity contribution in [2.75, 3.05) is 13.1 Å². The monoisotopic (exact) mass is 339 g/mol. The highest BCUT2D eigenvalue weighted by atomic mass is 16.1. The SMILES string of the molecule is Cn1cnc2c1[C@@H](C(=O)NCC1CCC1)CN(Cc1ccccn1)C2. The van der Waals surface area contributed by atoms with Crippen molar-refractivity contribution in [2.24, 2.45) is 13.0 Å². The standard InChI is InChI=1S/C19H25N5O/c1-23-13-22-17-12-24(10-15-7-2-3-8-20-15)11-16(18(17)23)19(25)21-9-14-5-4-6-14/h2-3,7-8,13-14,16H,4-6,9-12H2,1H3,(H,21,25)/t16-/m0/s1. The van der Waals surface area contributed by atoms with Gasteiger partial charge in [-0.1, -0.05) is 12.5 Å². The van der Waals surface area contributed by atoms with Crippen LogP contribution in [0.25, 0.3) is 0 Å². The smallest absolute Gasteiger partial charge is 0.230 e. The number of amides is 1. The van der Waals surface area contributed by atoms with E-state index in [9.17, 15) is 4.79 Å². The fourth-order valence-corrected chi connectivity index (χ4v) is 3.79. The van der Waals surface area contributed by atoms with Crippen LogP contribution in [0, 0.1) is 5.92 Å². The van der Waals surface area contributed by atoms with Crippen LogP contribution >= 0.6 is 0 Å². The molecule has 4 rings (SSSR count). The molecule has 25 heavy (non-hydrogen) atoms. The number of imidazole rings is 1. The normalized spacial score (nSPS) is 20.8. The van der Waals surface area contributed by atoms with Crippen molar-refractivity contribution in [3.8, 4) is 0 Å². The van der Waals surface area contributed by atoms with Crippen molar-refractivity contribution in [2.45, 2.75) is 38.3 Å². The Morgan fingerprint density at radius 3 is 2.92 bits per heavy atom. The maximum absolute atomic E-state index is 12.9. The molecule has 2 aliphatic rings. The molecular weight excluding hydrogens is 314 g/mol. The van der Waals surface area contributed by atoms with Crippen LogP contribution in [-0.4, -0.2) is 38.4 Å². The highest BCUT2D eigenvalue weighted by molar-refractivity contribution is 5.84. The van der Waals surface area contributed by atoms with Crippen LogP contribution in [0.2, 0.25) is 0 Å². The van der Waals surface area contributed by atoms with Crippen molar-refractivity contribution in [1.82, 2.24) is 24.8 Å². The van der Waals surface area contributed by atoms with E-state index in [4.69, 9.17) is 0 Å². The van der Waals surface area contributed by atoms with E-state index in [2.05, 4.69) is 20.2 Å². The summed E-state index contributed by atoms with van der Waals surface area (Å²) in [5.41, 5.74) is 3.09. The molecule has 1 fully saturated rings. The van der Waals surface area contributed by atoms with E-state index in [1.54, 1.807) is 0 Å². The van der Waals surface area contributed by atoms with E-state index in [0.29, 0.717) is 12.5 Å². The minimum atomic E-state index is -0.167. The Labute approximate surface area is 148 Å². The number of hydrogen-bond donors (Lipinski definition) is 1. The summed E-state index contributed by atoms with van der Waals surface area (Å²) in [7, 11) is 1.98. The molecule has 1 N–H and O–H groups in total. The Hall–Kier alpha value is -2.21. The van der Waals surface area contributed by atoms with Gasteiger partial charge in [-0.05, 0) is 30.9 Å². The van der Waals surface area contributed by atoms with Gasteiger partial charge in [0.2, 0.25) is 5.91 Å². The van der Waals surface area contributed by atoms with E-state index in [-0.39, 0.29) is 11.8 Å². The zero-order valence-corrected chi connectivity index (χ0v) is 14.7. The number of rotatable bonds is 5. The maximum Gasteiger partial charge on any atom is 0.230 e. The number of aromatic nitrogens is 3. The minimum Gasteiger partial charge on any atom is -0.355 e. The molecule has 0 spiro atoms. The van der Waals surface area contributed by atoms with Crippen LogP contribution in [-0.2, 0) is 24.9 Å². The topological polar surface area (TPSA) is 63.1 Å². The summed E-state index contributed by atoms with van der Waals surface area (Å²) in [5.74, 6) is 0.630. The first-order chi connectivity index (χ1) is 12.2. The molecule has 0 bridgehead atoms. The second-order valence-corrected chi connectivity index (χ2v) is 7.27. The number of carbonyl (C=O) groups excluding carboxylic acids is 1. The quantitative estimate of drug-likeness (QED) is 0.903. The lowest BCUT2D eigenvalue weighted by Gasteiger charge is -2.33. The first-order valence-electron chi connectivity index (χ1n) is 9.11. The van der Waals surface area contributed by atoms with Gasteiger partial charge in [-0.15, -0.1) is 0 Å². The van der Waals surface area contributed by atoms with Crippen LogP contribution in [0.3, 0.4) is 0 Å². The summed E-state index contributed by atoms with van der Waals surface area (Å²) in [5, 5.41) is 3.17. The Balaban J connectivity index is 1.49. The third-order valence-electron chi connectivity index (χ3n) is 5.42. The van der Waals surface area contributed by atoms with Crippen LogP contribution in [0.4, 0.5) is 0 Å². The van der Waals surface area contributed by atoms with Crippen LogP contribution in [0.5, 0.6) is 0 Å². The first kappa shape index (κ1) is 16.3. The van der Waals surface area contributed by atoms with Crippen LogP contribution in [0.15, 0.2) is 30.7 Å². The van der Waals surface area contributed by atoms with E-state index >= 15 is 0 Å². The van der Waals surface area contributed by atoms with Gasteiger partial charge >= 0.3 is 0 Å². The highest BCUT2D eigenvalue weighted by Crippen LogP contribution is 2.29. The average molecular weight is 339 g/mol. The Morgan fingerprint density at radius 1 is 1.32 bits per heavy atom. The van der Waals surface area contributed by atoms with Crippen molar-refractivity contribution >= 4 is 5.91 Å². The van der Waals surface area contributed by atoms with Gasteiger partial charge < -0.3 is 9.88 Å². The molecule has 1 amide bonds. The number of nitrogens with zero attached hydrogens (tertiary/aromatic N) is 4. The molecule has 6 nitrogen and oxygen atoms in total. The van der Waals surface area contributed by atoms with Gasteiger partial charge in [0.25, 0.3) is 0 Å². The second kappa shape index (κ2) is 6.96. The molecular formula is C19H25N5O. The van der Waals surface area contributed by atoms with Crippen molar-refractivity contribution < 1.29 is 4.79 Å². The number of hydrogen-bond acceptors (Lipinski definition) is 4. The van der Waals surface area contributed by atoms with E-state index in [0.717, 1.165) is 36.7 Å². The third kappa shape index (κ3) is 3.44. The fourth-order valence-electron chi connectivity index (χ4n) is 3.79. The van der Waals surface area contributed by atoms with Crippen LogP contribution in [0.1, 0.15) is 42.3 Å². The fraction of sp³-hybridized carbons (Fsp3) is 0.526.